The maximum Gasteiger partial charge on any atom is 0.144 e. The van der Waals surface area contributed by atoms with Gasteiger partial charge < -0.3 is 5.73 Å². The van der Waals surface area contributed by atoms with Crippen LogP contribution in [0.5, 0.6) is 0 Å². The second kappa shape index (κ2) is 3.12. The average Bonchev–Trinajstić information content (AvgIpc) is 1.88. The molecule has 0 atom stereocenters. The Balaban J connectivity index is 3.17. The molecule has 54 valence electrons. The molecule has 10 heavy (non-hydrogen) atoms. The number of aromatic nitrogens is 1. The molecule has 4 heteroatoms. The molecule has 0 saturated carbocycles. The van der Waals surface area contributed by atoms with E-state index in [9.17, 15) is 0 Å². The lowest BCUT2D eigenvalue weighted by atomic mass is 10.4. The minimum absolute atomic E-state index is 0.479. The zero-order chi connectivity index (χ0) is 7.56. The van der Waals surface area contributed by atoms with E-state index in [0.29, 0.717) is 10.8 Å². The number of nitrogens with two attached hydrogens (primary N) is 1. The molecule has 0 aromatic carbocycles. The van der Waals surface area contributed by atoms with Gasteiger partial charge in [0.15, 0.2) is 0 Å². The van der Waals surface area contributed by atoms with E-state index in [2.05, 4.69) is 4.98 Å². The van der Waals surface area contributed by atoms with Crippen LogP contribution in [0.25, 0.3) is 0 Å². The van der Waals surface area contributed by atoms with Crippen molar-refractivity contribution < 1.29 is 0 Å². The Morgan fingerprint density at radius 2 is 2.40 bits per heavy atom. The van der Waals surface area contributed by atoms with Crippen LogP contribution in [0, 0.1) is 0 Å². The summed E-state index contributed by atoms with van der Waals surface area (Å²) in [5.74, 6) is 0. The van der Waals surface area contributed by atoms with E-state index in [4.69, 9.17) is 17.3 Å². The Kier molecular flexibility index (Phi) is 2.40. The predicted octanol–water partition coefficient (Wildman–Crippen LogP) is 2.04. The smallest absolute Gasteiger partial charge is 0.144 e. The van der Waals surface area contributed by atoms with E-state index < -0.39 is 0 Å². The van der Waals surface area contributed by atoms with Crippen LogP contribution < -0.4 is 5.73 Å². The van der Waals surface area contributed by atoms with Crippen molar-refractivity contribution in [1.29, 1.82) is 0 Å². The summed E-state index contributed by atoms with van der Waals surface area (Å²) in [7, 11) is 0. The van der Waals surface area contributed by atoms with Crippen molar-refractivity contribution in [3.05, 3.63) is 17.4 Å². The van der Waals surface area contributed by atoms with Gasteiger partial charge in [-0.05, 0) is 12.3 Å². The first-order valence-electron chi connectivity index (χ1n) is 2.69. The molecule has 0 bridgehead atoms. The quantitative estimate of drug-likeness (QED) is 0.523. The maximum absolute atomic E-state index is 5.72. The first kappa shape index (κ1) is 7.69. The van der Waals surface area contributed by atoms with E-state index in [1.807, 2.05) is 6.26 Å². The van der Waals surface area contributed by atoms with Crippen molar-refractivity contribution in [1.82, 2.24) is 4.98 Å². The van der Waals surface area contributed by atoms with Gasteiger partial charge in [0.1, 0.15) is 5.15 Å². The molecule has 0 saturated heterocycles. The van der Waals surface area contributed by atoms with Crippen LogP contribution in [0.15, 0.2) is 17.2 Å². The van der Waals surface area contributed by atoms with Crippen molar-refractivity contribution in [3.8, 4) is 0 Å². The molecule has 0 aliphatic rings. The molecular formula is C6H7ClN2S. The molecule has 0 spiro atoms. The van der Waals surface area contributed by atoms with E-state index in [0.717, 1.165) is 4.90 Å². The molecule has 1 rings (SSSR count). The first-order valence-corrected chi connectivity index (χ1v) is 4.30. The fraction of sp³-hybridized carbons (Fsp3) is 0.167. The van der Waals surface area contributed by atoms with Gasteiger partial charge >= 0.3 is 0 Å². The number of pyridine rings is 1. The molecule has 2 N–H and O–H groups in total. The molecule has 0 radical (unpaired) electrons. The fourth-order valence-corrected chi connectivity index (χ4v) is 1.56. The fourth-order valence-electron chi connectivity index (χ4n) is 0.638. The van der Waals surface area contributed by atoms with Crippen LogP contribution in [0.4, 0.5) is 5.69 Å². The summed E-state index contributed by atoms with van der Waals surface area (Å²) in [5.41, 5.74) is 6.27. The van der Waals surface area contributed by atoms with Gasteiger partial charge in [-0.1, -0.05) is 11.6 Å². The van der Waals surface area contributed by atoms with E-state index in [1.54, 1.807) is 12.3 Å². The molecule has 0 amide bonds. The van der Waals surface area contributed by atoms with Crippen molar-refractivity contribution in [3.63, 3.8) is 0 Å². The summed E-state index contributed by atoms with van der Waals surface area (Å²) in [5, 5.41) is 0.479. The number of hydrogen-bond acceptors (Lipinski definition) is 3. The van der Waals surface area contributed by atoms with Crippen LogP contribution in [0.3, 0.4) is 0 Å². The number of anilines is 1. The highest BCUT2D eigenvalue weighted by Crippen LogP contribution is 2.28. The van der Waals surface area contributed by atoms with Crippen molar-refractivity contribution in [2.24, 2.45) is 0 Å². The second-order valence-electron chi connectivity index (χ2n) is 1.72. The Bertz CT molecular complexity index is 219. The second-order valence-corrected chi connectivity index (χ2v) is 2.90. The molecule has 1 aromatic rings. The van der Waals surface area contributed by atoms with Crippen LogP contribution in [-0.2, 0) is 0 Å². The number of hydrogen-bond donors (Lipinski definition) is 1. The third-order valence-electron chi connectivity index (χ3n) is 1.10. The highest BCUT2D eigenvalue weighted by molar-refractivity contribution is 7.98. The molecule has 0 fully saturated rings. The van der Waals surface area contributed by atoms with Gasteiger partial charge in [-0.3, -0.25) is 0 Å². The Morgan fingerprint density at radius 3 is 2.80 bits per heavy atom. The normalized spacial score (nSPS) is 9.80. The highest BCUT2D eigenvalue weighted by Gasteiger charge is 2.01. The number of thioether (sulfide) groups is 1. The molecule has 1 heterocycles. The molecule has 0 aliphatic carbocycles. The van der Waals surface area contributed by atoms with Crippen molar-refractivity contribution in [2.45, 2.75) is 4.90 Å². The third kappa shape index (κ3) is 1.36. The summed E-state index contributed by atoms with van der Waals surface area (Å²) < 4.78 is 0. The minimum atomic E-state index is 0.479. The summed E-state index contributed by atoms with van der Waals surface area (Å²) in [6.45, 7) is 0. The lowest BCUT2D eigenvalue weighted by Crippen LogP contribution is -1.89. The first-order chi connectivity index (χ1) is 4.75. The van der Waals surface area contributed by atoms with Crippen LogP contribution in [0.2, 0.25) is 5.15 Å². The SMILES string of the molecule is CSc1c(N)ccnc1Cl. The summed E-state index contributed by atoms with van der Waals surface area (Å²) >= 11 is 7.22. The minimum Gasteiger partial charge on any atom is -0.398 e. The largest absolute Gasteiger partial charge is 0.398 e. The number of nitrogen functional groups attached to an aromatic ring is 1. The molecular weight excluding hydrogens is 168 g/mol. The summed E-state index contributed by atoms with van der Waals surface area (Å²) in [4.78, 5) is 4.73. The zero-order valence-electron chi connectivity index (χ0n) is 5.47. The Hall–Kier alpha value is -0.410. The summed E-state index contributed by atoms with van der Waals surface area (Å²) in [6.07, 6.45) is 3.51. The molecule has 0 aliphatic heterocycles. The number of rotatable bonds is 1. The van der Waals surface area contributed by atoms with E-state index in [-0.39, 0.29) is 0 Å². The lowest BCUT2D eigenvalue weighted by Gasteiger charge is -2.01. The van der Waals surface area contributed by atoms with Gasteiger partial charge in [0.05, 0.1) is 4.90 Å². The predicted molar refractivity (Wildman–Crippen MR) is 45.4 cm³/mol. The van der Waals surface area contributed by atoms with Gasteiger partial charge in [-0.15, -0.1) is 11.8 Å². The van der Waals surface area contributed by atoms with Crippen molar-refractivity contribution >= 4 is 29.1 Å². The van der Waals surface area contributed by atoms with E-state index >= 15 is 0 Å². The average molecular weight is 175 g/mol. The van der Waals surface area contributed by atoms with Gasteiger partial charge in [0.25, 0.3) is 0 Å². The highest BCUT2D eigenvalue weighted by atomic mass is 35.5. The monoisotopic (exact) mass is 174 g/mol. The maximum atomic E-state index is 5.72. The van der Waals surface area contributed by atoms with E-state index in [1.165, 1.54) is 11.8 Å². The van der Waals surface area contributed by atoms with Crippen molar-refractivity contribution in [2.75, 3.05) is 12.0 Å². The topological polar surface area (TPSA) is 38.9 Å². The van der Waals surface area contributed by atoms with Gasteiger partial charge in [-0.2, -0.15) is 0 Å². The zero-order valence-corrected chi connectivity index (χ0v) is 7.04. The Morgan fingerprint density at radius 1 is 1.70 bits per heavy atom. The van der Waals surface area contributed by atoms with Crippen LogP contribution in [0.1, 0.15) is 0 Å². The lowest BCUT2D eigenvalue weighted by molar-refractivity contribution is 1.25. The Labute approximate surface area is 68.8 Å². The van der Waals surface area contributed by atoms with Gasteiger partial charge in [0.2, 0.25) is 0 Å². The molecule has 0 unspecified atom stereocenters. The standard InChI is InChI=1S/C6H7ClN2S/c1-10-5-4(8)2-3-9-6(5)7/h2-3H,1H3,(H2,8,9). The van der Waals surface area contributed by atoms with Crippen LogP contribution >= 0.6 is 23.4 Å². The molecule has 1 aromatic heterocycles. The number of halogens is 1. The number of nitrogens with zero attached hydrogens (tertiary/aromatic N) is 1. The van der Waals surface area contributed by atoms with Gasteiger partial charge in [-0.25, -0.2) is 4.98 Å². The third-order valence-corrected chi connectivity index (χ3v) is 2.33. The molecule has 2 nitrogen and oxygen atoms in total. The summed E-state index contributed by atoms with van der Waals surface area (Å²) in [6, 6.07) is 1.73. The van der Waals surface area contributed by atoms with Gasteiger partial charge in [0, 0.05) is 11.9 Å². The van der Waals surface area contributed by atoms with Crippen LogP contribution in [-0.4, -0.2) is 11.2 Å².